The fraction of sp³-hybridized carbons (Fsp3) is 0.417. The van der Waals surface area contributed by atoms with Crippen LogP contribution in [0.1, 0.15) is 26.3 Å². The standard InChI is InChI=1S/C12H15ClO/c1-9(14)12(2,3)8-10-5-4-6-11(13)7-10/h4-7H,8H2,1-3H3. The van der Waals surface area contributed by atoms with Gasteiger partial charge < -0.3 is 0 Å². The van der Waals surface area contributed by atoms with Gasteiger partial charge in [-0.2, -0.15) is 0 Å². The lowest BCUT2D eigenvalue weighted by atomic mass is 9.82. The molecule has 0 amide bonds. The van der Waals surface area contributed by atoms with E-state index >= 15 is 0 Å². The number of halogens is 1. The number of Topliss-reactive ketones (excluding diaryl/α,β-unsaturated/α-hetero) is 1. The number of carbonyl (C=O) groups excluding carboxylic acids is 1. The lowest BCUT2D eigenvalue weighted by Gasteiger charge is -2.20. The lowest BCUT2D eigenvalue weighted by Crippen LogP contribution is -2.23. The second kappa shape index (κ2) is 4.14. The molecule has 0 bridgehead atoms. The molecular weight excluding hydrogens is 196 g/mol. The maximum Gasteiger partial charge on any atom is 0.135 e. The minimum absolute atomic E-state index is 0.206. The summed E-state index contributed by atoms with van der Waals surface area (Å²) in [4.78, 5) is 11.3. The van der Waals surface area contributed by atoms with Gasteiger partial charge in [-0.15, -0.1) is 0 Å². The second-order valence-electron chi connectivity index (χ2n) is 4.25. The fourth-order valence-corrected chi connectivity index (χ4v) is 1.49. The van der Waals surface area contributed by atoms with Crippen LogP contribution < -0.4 is 0 Å². The van der Waals surface area contributed by atoms with Crippen molar-refractivity contribution < 1.29 is 4.79 Å². The van der Waals surface area contributed by atoms with E-state index in [1.54, 1.807) is 6.92 Å². The summed E-state index contributed by atoms with van der Waals surface area (Å²) in [7, 11) is 0. The van der Waals surface area contributed by atoms with Crippen LogP contribution in [-0.2, 0) is 11.2 Å². The van der Waals surface area contributed by atoms with Gasteiger partial charge in [0.15, 0.2) is 0 Å². The van der Waals surface area contributed by atoms with Crippen molar-refractivity contribution in [2.24, 2.45) is 5.41 Å². The van der Waals surface area contributed by atoms with Crippen molar-refractivity contribution in [3.05, 3.63) is 34.9 Å². The number of hydrogen-bond acceptors (Lipinski definition) is 1. The normalized spacial score (nSPS) is 11.4. The van der Waals surface area contributed by atoms with E-state index in [4.69, 9.17) is 11.6 Å². The van der Waals surface area contributed by atoms with Crippen LogP contribution in [0.3, 0.4) is 0 Å². The molecule has 0 saturated heterocycles. The highest BCUT2D eigenvalue weighted by Gasteiger charge is 2.23. The summed E-state index contributed by atoms with van der Waals surface area (Å²) in [5, 5.41) is 0.724. The number of rotatable bonds is 3. The van der Waals surface area contributed by atoms with E-state index in [1.165, 1.54) is 0 Å². The Morgan fingerprint density at radius 2 is 2.07 bits per heavy atom. The van der Waals surface area contributed by atoms with Crippen LogP contribution in [0, 0.1) is 5.41 Å². The van der Waals surface area contributed by atoms with Gasteiger partial charge in [-0.3, -0.25) is 4.79 Å². The Labute approximate surface area is 90.1 Å². The molecule has 1 rings (SSSR count). The molecule has 76 valence electrons. The summed E-state index contributed by atoms with van der Waals surface area (Å²) in [5.41, 5.74) is 0.808. The van der Waals surface area contributed by atoms with Crippen LogP contribution in [0.25, 0.3) is 0 Å². The molecule has 14 heavy (non-hydrogen) atoms. The lowest BCUT2D eigenvalue weighted by molar-refractivity contribution is -0.124. The van der Waals surface area contributed by atoms with Crippen molar-refractivity contribution in [3.8, 4) is 0 Å². The average Bonchev–Trinajstić information content (AvgIpc) is 2.02. The van der Waals surface area contributed by atoms with E-state index in [0.717, 1.165) is 17.0 Å². The zero-order valence-corrected chi connectivity index (χ0v) is 9.56. The SMILES string of the molecule is CC(=O)C(C)(C)Cc1cccc(Cl)c1. The van der Waals surface area contributed by atoms with Crippen molar-refractivity contribution in [1.29, 1.82) is 0 Å². The molecule has 0 N–H and O–H groups in total. The first-order chi connectivity index (χ1) is 6.42. The molecule has 0 atom stereocenters. The molecule has 0 aliphatic carbocycles. The topological polar surface area (TPSA) is 17.1 Å². The van der Waals surface area contributed by atoms with E-state index in [0.29, 0.717) is 0 Å². The maximum absolute atomic E-state index is 11.3. The Morgan fingerprint density at radius 3 is 2.57 bits per heavy atom. The summed E-state index contributed by atoms with van der Waals surface area (Å²) >= 11 is 5.87. The van der Waals surface area contributed by atoms with Gasteiger partial charge in [-0.05, 0) is 31.0 Å². The Morgan fingerprint density at radius 1 is 1.43 bits per heavy atom. The van der Waals surface area contributed by atoms with Crippen LogP contribution >= 0.6 is 11.6 Å². The Bertz CT molecular complexity index is 342. The molecule has 1 nitrogen and oxygen atoms in total. The second-order valence-corrected chi connectivity index (χ2v) is 4.68. The zero-order chi connectivity index (χ0) is 10.8. The molecule has 1 aromatic rings. The number of carbonyl (C=O) groups is 1. The van der Waals surface area contributed by atoms with Crippen molar-refractivity contribution in [1.82, 2.24) is 0 Å². The molecule has 2 heteroatoms. The van der Waals surface area contributed by atoms with Gasteiger partial charge in [-0.1, -0.05) is 37.6 Å². The molecule has 0 spiro atoms. The molecule has 0 radical (unpaired) electrons. The van der Waals surface area contributed by atoms with Crippen molar-refractivity contribution >= 4 is 17.4 Å². The van der Waals surface area contributed by atoms with E-state index in [9.17, 15) is 4.79 Å². The Hall–Kier alpha value is -0.820. The Kier molecular flexibility index (Phi) is 3.33. The van der Waals surface area contributed by atoms with Gasteiger partial charge in [-0.25, -0.2) is 0 Å². The third kappa shape index (κ3) is 2.85. The number of benzene rings is 1. The van der Waals surface area contributed by atoms with Crippen LogP contribution in [0.5, 0.6) is 0 Å². The zero-order valence-electron chi connectivity index (χ0n) is 8.80. The highest BCUT2D eigenvalue weighted by atomic mass is 35.5. The maximum atomic E-state index is 11.3. The molecule has 0 fully saturated rings. The third-order valence-corrected chi connectivity index (χ3v) is 2.72. The molecule has 0 aliphatic heterocycles. The van der Waals surface area contributed by atoms with Gasteiger partial charge >= 0.3 is 0 Å². The molecule has 0 saturated carbocycles. The molecule has 0 unspecified atom stereocenters. The average molecular weight is 211 g/mol. The summed E-state index contributed by atoms with van der Waals surface area (Å²) in [6.45, 7) is 5.54. The minimum atomic E-state index is -0.301. The van der Waals surface area contributed by atoms with Gasteiger partial charge in [0.1, 0.15) is 5.78 Å². The van der Waals surface area contributed by atoms with Crippen molar-refractivity contribution in [3.63, 3.8) is 0 Å². The first-order valence-corrected chi connectivity index (χ1v) is 5.05. The van der Waals surface area contributed by atoms with E-state index in [2.05, 4.69) is 0 Å². The number of ketones is 1. The number of hydrogen-bond donors (Lipinski definition) is 0. The minimum Gasteiger partial charge on any atom is -0.299 e. The predicted octanol–water partition coefficient (Wildman–Crippen LogP) is 3.50. The van der Waals surface area contributed by atoms with Crippen LogP contribution in [-0.4, -0.2) is 5.78 Å². The molecular formula is C12H15ClO. The van der Waals surface area contributed by atoms with Crippen LogP contribution in [0.2, 0.25) is 5.02 Å². The van der Waals surface area contributed by atoms with Crippen LogP contribution in [0.15, 0.2) is 24.3 Å². The molecule has 1 aromatic carbocycles. The van der Waals surface area contributed by atoms with Gasteiger partial charge in [0.25, 0.3) is 0 Å². The van der Waals surface area contributed by atoms with Crippen LogP contribution in [0.4, 0.5) is 0 Å². The monoisotopic (exact) mass is 210 g/mol. The first kappa shape index (κ1) is 11.3. The van der Waals surface area contributed by atoms with Crippen molar-refractivity contribution in [2.45, 2.75) is 27.2 Å². The van der Waals surface area contributed by atoms with E-state index in [-0.39, 0.29) is 11.2 Å². The largest absolute Gasteiger partial charge is 0.299 e. The smallest absolute Gasteiger partial charge is 0.135 e. The quantitative estimate of drug-likeness (QED) is 0.747. The summed E-state index contributed by atoms with van der Waals surface area (Å²) in [6.07, 6.45) is 0.739. The molecule has 0 heterocycles. The van der Waals surface area contributed by atoms with E-state index in [1.807, 2.05) is 38.1 Å². The predicted molar refractivity (Wildman–Crippen MR) is 59.6 cm³/mol. The fourth-order valence-electron chi connectivity index (χ4n) is 1.28. The van der Waals surface area contributed by atoms with Gasteiger partial charge in [0.2, 0.25) is 0 Å². The first-order valence-electron chi connectivity index (χ1n) is 4.67. The molecule has 0 aliphatic rings. The van der Waals surface area contributed by atoms with E-state index < -0.39 is 0 Å². The summed E-state index contributed by atoms with van der Waals surface area (Å²) in [5.74, 6) is 0.206. The molecule has 0 aromatic heterocycles. The third-order valence-electron chi connectivity index (χ3n) is 2.49. The highest BCUT2D eigenvalue weighted by molar-refractivity contribution is 6.30. The van der Waals surface area contributed by atoms with Gasteiger partial charge in [0.05, 0.1) is 0 Å². The summed E-state index contributed by atoms with van der Waals surface area (Å²) < 4.78 is 0. The highest BCUT2D eigenvalue weighted by Crippen LogP contribution is 2.24. The Balaban J connectivity index is 2.83. The van der Waals surface area contributed by atoms with Gasteiger partial charge in [0, 0.05) is 10.4 Å². The van der Waals surface area contributed by atoms with Crippen molar-refractivity contribution in [2.75, 3.05) is 0 Å². The summed E-state index contributed by atoms with van der Waals surface area (Å²) in [6, 6.07) is 7.66.